The number of barbiturate groups is 1. The zero-order chi connectivity index (χ0) is 26.8. The van der Waals surface area contributed by atoms with E-state index in [9.17, 15) is 24.5 Å². The summed E-state index contributed by atoms with van der Waals surface area (Å²) in [6.45, 7) is 0.236. The van der Waals surface area contributed by atoms with Gasteiger partial charge in [0.2, 0.25) is 0 Å². The minimum atomic E-state index is -0.998. The lowest BCUT2D eigenvalue weighted by Crippen LogP contribution is -2.54. The van der Waals surface area contributed by atoms with Crippen molar-refractivity contribution in [1.29, 1.82) is 0 Å². The van der Waals surface area contributed by atoms with Crippen LogP contribution in [0.25, 0.3) is 16.8 Å². The number of carbonyl (C=O) groups excluding carboxylic acids is 3. The van der Waals surface area contributed by atoms with Crippen LogP contribution in [0.15, 0.2) is 95.0 Å². The molecule has 0 radical (unpaired) electrons. The number of hydrogen-bond donors (Lipinski definition) is 1. The van der Waals surface area contributed by atoms with E-state index >= 15 is 0 Å². The van der Waals surface area contributed by atoms with Crippen LogP contribution in [-0.2, 0) is 16.2 Å². The van der Waals surface area contributed by atoms with E-state index in [-0.39, 0.29) is 23.6 Å². The molecule has 4 aromatic rings. The van der Waals surface area contributed by atoms with Crippen LogP contribution in [-0.4, -0.2) is 22.8 Å². The molecule has 1 N–H and O–H groups in total. The molecule has 0 spiro atoms. The molecule has 0 unspecified atom stereocenters. The largest absolute Gasteiger partial charge is 0.488 e. The topological polar surface area (TPSA) is 119 Å². The number of nitro benzene ring substituents is 1. The van der Waals surface area contributed by atoms with Gasteiger partial charge >= 0.3 is 6.03 Å². The van der Waals surface area contributed by atoms with Gasteiger partial charge in [0.1, 0.15) is 17.9 Å². The summed E-state index contributed by atoms with van der Waals surface area (Å²) < 4.78 is 7.03. The third-order valence-corrected chi connectivity index (χ3v) is 6.46. The van der Waals surface area contributed by atoms with Crippen molar-refractivity contribution in [2.75, 3.05) is 4.90 Å². The van der Waals surface area contributed by atoms with Gasteiger partial charge in [0.15, 0.2) is 0 Å². The fourth-order valence-corrected chi connectivity index (χ4v) is 4.34. The van der Waals surface area contributed by atoms with Gasteiger partial charge in [-0.05, 0) is 46.7 Å². The molecule has 5 rings (SSSR count). The minimum absolute atomic E-state index is 0.0373. The van der Waals surface area contributed by atoms with Crippen molar-refractivity contribution < 1.29 is 24.0 Å². The normalized spacial score (nSPS) is 14.6. The van der Waals surface area contributed by atoms with Gasteiger partial charge in [-0.3, -0.25) is 25.0 Å². The summed E-state index contributed by atoms with van der Waals surface area (Å²) in [5, 5.41) is 15.0. The lowest BCUT2D eigenvalue weighted by molar-refractivity contribution is -0.384. The van der Waals surface area contributed by atoms with Crippen LogP contribution in [0.4, 0.5) is 16.2 Å². The van der Waals surface area contributed by atoms with Crippen molar-refractivity contribution in [2.45, 2.75) is 6.61 Å². The first-order valence-corrected chi connectivity index (χ1v) is 12.2. The van der Waals surface area contributed by atoms with Gasteiger partial charge in [0.25, 0.3) is 17.5 Å². The Bertz CT molecular complexity index is 1650. The number of ether oxygens (including phenoxy) is 1. The first kappa shape index (κ1) is 24.8. The predicted molar refractivity (Wildman–Crippen MR) is 145 cm³/mol. The standard InChI is InChI=1S/C28H18BrN3O6/c29-19-11-8-17(9-12-19)16-38-25-13-10-18-4-1-2-7-22(18)23(25)15-24-26(33)30-28(35)31(27(24)34)20-5-3-6-21(14-20)32(36)37/h1-15H,16H2,(H,30,33,35)/b24-15+. The Labute approximate surface area is 224 Å². The van der Waals surface area contributed by atoms with Crippen molar-refractivity contribution in [3.8, 4) is 5.75 Å². The van der Waals surface area contributed by atoms with E-state index in [0.717, 1.165) is 26.9 Å². The SMILES string of the molecule is O=C1NC(=O)N(c2cccc([N+](=O)[O-])c2)C(=O)/C1=C/c1c(OCc2ccc(Br)cc2)ccc2ccccc12. The first-order chi connectivity index (χ1) is 18.3. The number of rotatable bonds is 6. The molecule has 1 saturated heterocycles. The number of hydrogen-bond acceptors (Lipinski definition) is 6. The second-order valence-corrected chi connectivity index (χ2v) is 9.26. The van der Waals surface area contributed by atoms with E-state index in [1.54, 1.807) is 6.07 Å². The minimum Gasteiger partial charge on any atom is -0.488 e. The van der Waals surface area contributed by atoms with Crippen molar-refractivity contribution in [3.63, 3.8) is 0 Å². The second-order valence-electron chi connectivity index (χ2n) is 8.35. The number of urea groups is 1. The number of nitro groups is 1. The molecule has 0 aromatic heterocycles. The molecule has 9 nitrogen and oxygen atoms in total. The van der Waals surface area contributed by atoms with Crippen LogP contribution in [0.5, 0.6) is 5.75 Å². The highest BCUT2D eigenvalue weighted by molar-refractivity contribution is 9.10. The zero-order valence-electron chi connectivity index (χ0n) is 19.6. The summed E-state index contributed by atoms with van der Waals surface area (Å²) >= 11 is 3.40. The summed E-state index contributed by atoms with van der Waals surface area (Å²) in [6, 6.07) is 22.7. The monoisotopic (exact) mass is 571 g/mol. The molecule has 0 aliphatic carbocycles. The molecular formula is C28H18BrN3O6. The van der Waals surface area contributed by atoms with Crippen LogP contribution in [0.1, 0.15) is 11.1 Å². The number of nitrogens with zero attached hydrogens (tertiary/aromatic N) is 2. The van der Waals surface area contributed by atoms with Gasteiger partial charge in [-0.15, -0.1) is 0 Å². The van der Waals surface area contributed by atoms with E-state index < -0.39 is 22.8 Å². The Balaban J connectivity index is 1.57. The van der Waals surface area contributed by atoms with Gasteiger partial charge in [-0.25, -0.2) is 9.69 Å². The lowest BCUT2D eigenvalue weighted by Gasteiger charge is -2.26. The number of anilines is 1. The molecule has 4 amide bonds. The highest BCUT2D eigenvalue weighted by Gasteiger charge is 2.37. The molecule has 1 aliphatic rings. The fraction of sp³-hybridized carbons (Fsp3) is 0.0357. The Morgan fingerprint density at radius 1 is 0.947 bits per heavy atom. The summed E-state index contributed by atoms with van der Waals surface area (Å²) in [7, 11) is 0. The van der Waals surface area contributed by atoms with E-state index in [2.05, 4.69) is 21.2 Å². The molecule has 0 bridgehead atoms. The van der Waals surface area contributed by atoms with E-state index in [4.69, 9.17) is 4.74 Å². The molecular weight excluding hydrogens is 554 g/mol. The number of amides is 4. The maximum Gasteiger partial charge on any atom is 0.335 e. The van der Waals surface area contributed by atoms with Crippen molar-refractivity contribution in [1.82, 2.24) is 5.32 Å². The number of carbonyl (C=O) groups is 3. The van der Waals surface area contributed by atoms with Crippen LogP contribution < -0.4 is 15.0 Å². The summed E-state index contributed by atoms with van der Waals surface area (Å²) in [4.78, 5) is 50.2. The third-order valence-electron chi connectivity index (χ3n) is 5.93. The lowest BCUT2D eigenvalue weighted by atomic mass is 9.99. The summed E-state index contributed by atoms with van der Waals surface area (Å²) in [5.41, 5.74) is 0.731. The Morgan fingerprint density at radius 3 is 2.47 bits per heavy atom. The number of halogens is 1. The quantitative estimate of drug-likeness (QED) is 0.136. The average Bonchev–Trinajstić information content (AvgIpc) is 2.91. The van der Waals surface area contributed by atoms with Gasteiger partial charge < -0.3 is 4.74 Å². The zero-order valence-corrected chi connectivity index (χ0v) is 21.2. The van der Waals surface area contributed by atoms with Crippen molar-refractivity contribution >= 4 is 62.0 Å². The third kappa shape index (κ3) is 4.89. The highest BCUT2D eigenvalue weighted by atomic mass is 79.9. The molecule has 0 atom stereocenters. The first-order valence-electron chi connectivity index (χ1n) is 11.4. The molecule has 188 valence electrons. The van der Waals surface area contributed by atoms with Gasteiger partial charge in [0, 0.05) is 22.2 Å². The van der Waals surface area contributed by atoms with Crippen molar-refractivity contribution in [3.05, 3.63) is 116 Å². The van der Waals surface area contributed by atoms with Crippen LogP contribution in [0.2, 0.25) is 0 Å². The van der Waals surface area contributed by atoms with Crippen LogP contribution >= 0.6 is 15.9 Å². The number of benzene rings is 4. The molecule has 1 aliphatic heterocycles. The van der Waals surface area contributed by atoms with Crippen LogP contribution in [0.3, 0.4) is 0 Å². The molecule has 10 heteroatoms. The van der Waals surface area contributed by atoms with Gasteiger partial charge in [-0.1, -0.05) is 64.5 Å². The Hall–Kier alpha value is -4.83. The number of nitrogens with one attached hydrogen (secondary N) is 1. The highest BCUT2D eigenvalue weighted by Crippen LogP contribution is 2.33. The molecule has 4 aromatic carbocycles. The maximum absolute atomic E-state index is 13.5. The van der Waals surface area contributed by atoms with E-state index in [1.165, 1.54) is 24.3 Å². The smallest absolute Gasteiger partial charge is 0.335 e. The summed E-state index contributed by atoms with van der Waals surface area (Å²) in [6.07, 6.45) is 1.38. The van der Waals surface area contributed by atoms with Gasteiger partial charge in [-0.2, -0.15) is 0 Å². The average molecular weight is 572 g/mol. The van der Waals surface area contributed by atoms with Gasteiger partial charge in [0.05, 0.1) is 10.6 Å². The van der Waals surface area contributed by atoms with E-state index in [0.29, 0.717) is 16.2 Å². The van der Waals surface area contributed by atoms with Crippen LogP contribution in [0, 0.1) is 10.1 Å². The fourth-order valence-electron chi connectivity index (χ4n) is 4.07. The molecule has 1 heterocycles. The second kappa shape index (κ2) is 10.3. The Kier molecular flexibility index (Phi) is 6.71. The summed E-state index contributed by atoms with van der Waals surface area (Å²) in [5.74, 6) is -1.36. The maximum atomic E-state index is 13.5. The van der Waals surface area contributed by atoms with E-state index in [1.807, 2.05) is 54.6 Å². The molecule has 38 heavy (non-hydrogen) atoms. The number of non-ortho nitro benzene ring substituents is 1. The molecule has 1 fully saturated rings. The number of imide groups is 2. The Morgan fingerprint density at radius 2 is 1.71 bits per heavy atom. The number of fused-ring (bicyclic) bond motifs is 1. The molecule has 0 saturated carbocycles. The van der Waals surface area contributed by atoms with Crippen molar-refractivity contribution in [2.24, 2.45) is 0 Å². The predicted octanol–water partition coefficient (Wildman–Crippen LogP) is 5.76.